The first-order valence-electron chi connectivity index (χ1n) is 13.9. The molecule has 0 unspecified atom stereocenters. The second kappa shape index (κ2) is 11.2. The molecule has 2 fully saturated rings. The van der Waals surface area contributed by atoms with Crippen LogP contribution < -0.4 is 9.80 Å². The third-order valence-electron chi connectivity index (χ3n) is 7.93. The number of hydrogen-bond donors (Lipinski definition) is 1. The molecule has 6 rings (SSSR count). The molecule has 2 aliphatic rings. The predicted octanol–water partition coefficient (Wildman–Crippen LogP) is 3.36. The molecule has 2 aliphatic heterocycles. The van der Waals surface area contributed by atoms with Crippen LogP contribution in [-0.4, -0.2) is 98.4 Å². The van der Waals surface area contributed by atoms with E-state index < -0.39 is 6.10 Å². The third kappa shape index (κ3) is 5.11. The zero-order chi connectivity index (χ0) is 29.7. The minimum absolute atomic E-state index is 0.0598. The molecule has 0 saturated carbocycles. The van der Waals surface area contributed by atoms with E-state index in [1.807, 2.05) is 23.4 Å². The normalized spacial score (nSPS) is 19.7. The molecular formula is C28H32FN9O2S2. The molecule has 0 bridgehead atoms. The van der Waals surface area contributed by atoms with E-state index in [4.69, 9.17) is 15.1 Å². The van der Waals surface area contributed by atoms with Gasteiger partial charge in [0.15, 0.2) is 10.9 Å². The number of anilines is 3. The summed E-state index contributed by atoms with van der Waals surface area (Å²) in [4.78, 5) is 31.6. The van der Waals surface area contributed by atoms with Crippen molar-refractivity contribution in [1.29, 1.82) is 5.26 Å². The summed E-state index contributed by atoms with van der Waals surface area (Å²) >= 11 is 2.80. The van der Waals surface area contributed by atoms with Crippen molar-refractivity contribution in [2.24, 2.45) is 0 Å². The van der Waals surface area contributed by atoms with Gasteiger partial charge in [0.1, 0.15) is 22.5 Å². The summed E-state index contributed by atoms with van der Waals surface area (Å²) in [7, 11) is 1.90. The van der Waals surface area contributed by atoms with Crippen LogP contribution in [0, 0.1) is 17.1 Å². The summed E-state index contributed by atoms with van der Waals surface area (Å²) in [5.74, 6) is 0.509. The van der Waals surface area contributed by atoms with Crippen molar-refractivity contribution in [2.45, 2.75) is 45.4 Å². The lowest BCUT2D eigenvalue weighted by Crippen LogP contribution is -2.61. The number of β-amino-alcohol motifs (C(OH)–C–C–N with tert-alkyl or cyclic N) is 1. The minimum Gasteiger partial charge on any atom is -0.389 e. The average Bonchev–Trinajstić information content (AvgIpc) is 3.65. The number of imidazole rings is 1. The molecule has 220 valence electrons. The molecule has 5 heterocycles. The van der Waals surface area contributed by atoms with E-state index in [0.717, 1.165) is 34.7 Å². The number of aromatic nitrogens is 4. The van der Waals surface area contributed by atoms with Crippen LogP contribution in [0.3, 0.4) is 0 Å². The SMILES string of the molecule is CCc1nc2sc(N3C[C@@H](C)N(CC(=O)N4CC(O)C4)C[C@H]3C)nn2c1N(C)c1nc(-c2ccc(F)cc2)c(C#N)s1. The van der Waals surface area contributed by atoms with Crippen molar-refractivity contribution < 1.29 is 14.3 Å². The summed E-state index contributed by atoms with van der Waals surface area (Å²) in [6.07, 6.45) is 0.296. The van der Waals surface area contributed by atoms with Crippen LogP contribution in [0.25, 0.3) is 16.2 Å². The average molecular weight is 610 g/mol. The van der Waals surface area contributed by atoms with Crippen LogP contribution in [0.4, 0.5) is 20.5 Å². The number of benzene rings is 1. The Hall–Kier alpha value is -3.64. The number of aliphatic hydroxyl groups is 1. The second-order valence-corrected chi connectivity index (χ2v) is 12.8. The van der Waals surface area contributed by atoms with Crippen molar-refractivity contribution in [3.8, 4) is 17.3 Å². The van der Waals surface area contributed by atoms with E-state index >= 15 is 0 Å². The maximum atomic E-state index is 13.5. The zero-order valence-electron chi connectivity index (χ0n) is 23.9. The molecular weight excluding hydrogens is 578 g/mol. The topological polar surface area (TPSA) is 117 Å². The number of likely N-dealkylation sites (tertiary alicyclic amines) is 1. The number of carbonyl (C=O) groups is 1. The summed E-state index contributed by atoms with van der Waals surface area (Å²) in [5.41, 5.74) is 2.08. The van der Waals surface area contributed by atoms with E-state index in [1.54, 1.807) is 17.0 Å². The van der Waals surface area contributed by atoms with Gasteiger partial charge in [0, 0.05) is 50.9 Å². The molecule has 4 aromatic rings. The quantitative estimate of drug-likeness (QED) is 0.337. The van der Waals surface area contributed by atoms with Gasteiger partial charge in [0.05, 0.1) is 18.3 Å². The number of fused-ring (bicyclic) bond motifs is 1. The maximum Gasteiger partial charge on any atom is 0.236 e. The first-order chi connectivity index (χ1) is 20.2. The Morgan fingerprint density at radius 3 is 2.55 bits per heavy atom. The first-order valence-corrected chi connectivity index (χ1v) is 15.6. The number of nitriles is 1. The van der Waals surface area contributed by atoms with Gasteiger partial charge in [-0.25, -0.2) is 14.4 Å². The lowest BCUT2D eigenvalue weighted by Gasteiger charge is -2.45. The highest BCUT2D eigenvalue weighted by molar-refractivity contribution is 7.20. The lowest BCUT2D eigenvalue weighted by molar-refractivity contribution is -0.143. The smallest absolute Gasteiger partial charge is 0.236 e. The van der Waals surface area contributed by atoms with Gasteiger partial charge >= 0.3 is 0 Å². The fourth-order valence-electron chi connectivity index (χ4n) is 5.50. The molecule has 0 spiro atoms. The zero-order valence-corrected chi connectivity index (χ0v) is 25.5. The fraction of sp³-hybridized carbons (Fsp3) is 0.464. The first kappa shape index (κ1) is 28.5. The Labute approximate surface area is 251 Å². The lowest BCUT2D eigenvalue weighted by atomic mass is 10.1. The number of rotatable bonds is 7. The van der Waals surface area contributed by atoms with Crippen LogP contribution >= 0.6 is 22.7 Å². The van der Waals surface area contributed by atoms with Crippen LogP contribution in [0.5, 0.6) is 0 Å². The summed E-state index contributed by atoms with van der Waals surface area (Å²) in [5, 5.41) is 25.8. The van der Waals surface area contributed by atoms with E-state index in [0.29, 0.717) is 47.3 Å². The minimum atomic E-state index is -0.399. The molecule has 14 heteroatoms. The van der Waals surface area contributed by atoms with Gasteiger partial charge in [-0.2, -0.15) is 9.78 Å². The fourth-order valence-corrected chi connectivity index (χ4v) is 7.37. The van der Waals surface area contributed by atoms with E-state index in [9.17, 15) is 19.6 Å². The molecule has 3 aromatic heterocycles. The standard InChI is InChI=1S/C28H32FN9O2S2/c1-5-21-25(34(4)26-32-24(22(10-30)41-26)18-6-8-19(29)9-7-18)38-27(31-21)42-28(33-38)37-12-16(2)35(11-17(37)3)15-23(40)36-13-20(39)14-36/h6-9,16-17,20,39H,5,11-15H2,1-4H3/t16-,17-/m1/s1. The Morgan fingerprint density at radius 1 is 1.14 bits per heavy atom. The number of halogens is 1. The summed E-state index contributed by atoms with van der Waals surface area (Å²) in [6.45, 7) is 8.94. The number of hydrogen-bond acceptors (Lipinski definition) is 11. The highest BCUT2D eigenvalue weighted by Gasteiger charge is 2.36. The molecule has 2 saturated heterocycles. The Morgan fingerprint density at radius 2 is 1.88 bits per heavy atom. The van der Waals surface area contributed by atoms with Gasteiger partial charge in [-0.3, -0.25) is 9.69 Å². The van der Waals surface area contributed by atoms with Crippen molar-refractivity contribution in [2.75, 3.05) is 49.6 Å². The van der Waals surface area contributed by atoms with Gasteiger partial charge in [-0.1, -0.05) is 29.6 Å². The molecule has 1 aromatic carbocycles. The Balaban J connectivity index is 1.25. The van der Waals surface area contributed by atoms with Crippen LogP contribution in [-0.2, 0) is 11.2 Å². The van der Waals surface area contributed by atoms with Crippen LogP contribution in [0.1, 0.15) is 31.3 Å². The molecule has 1 N–H and O–H groups in total. The molecule has 2 atom stereocenters. The Kier molecular flexibility index (Phi) is 7.61. The number of thiazole rings is 1. The molecule has 1 amide bonds. The monoisotopic (exact) mass is 609 g/mol. The van der Waals surface area contributed by atoms with Crippen molar-refractivity contribution in [3.63, 3.8) is 0 Å². The number of carbonyl (C=O) groups excluding carboxylic acids is 1. The molecule has 0 radical (unpaired) electrons. The highest BCUT2D eigenvalue weighted by atomic mass is 32.1. The van der Waals surface area contributed by atoms with Gasteiger partial charge in [-0.05, 0) is 44.5 Å². The van der Waals surface area contributed by atoms with Gasteiger partial charge < -0.3 is 19.8 Å². The number of piperazine rings is 1. The predicted molar refractivity (Wildman–Crippen MR) is 161 cm³/mol. The Bertz CT molecular complexity index is 1650. The highest BCUT2D eigenvalue weighted by Crippen LogP contribution is 2.38. The summed E-state index contributed by atoms with van der Waals surface area (Å²) in [6, 6.07) is 8.50. The van der Waals surface area contributed by atoms with Crippen molar-refractivity contribution in [3.05, 3.63) is 40.7 Å². The largest absolute Gasteiger partial charge is 0.389 e. The molecule has 0 aliphatic carbocycles. The van der Waals surface area contributed by atoms with E-state index in [2.05, 4.69) is 29.7 Å². The number of aliphatic hydroxyl groups excluding tert-OH is 1. The van der Waals surface area contributed by atoms with E-state index in [-0.39, 0.29) is 23.8 Å². The number of nitrogens with zero attached hydrogens (tertiary/aromatic N) is 9. The van der Waals surface area contributed by atoms with Crippen LogP contribution in [0.2, 0.25) is 0 Å². The maximum absolute atomic E-state index is 13.5. The second-order valence-electron chi connectivity index (χ2n) is 10.9. The van der Waals surface area contributed by atoms with Gasteiger partial charge in [0.2, 0.25) is 16.0 Å². The third-order valence-corrected chi connectivity index (χ3v) is 9.91. The van der Waals surface area contributed by atoms with Gasteiger partial charge in [0.25, 0.3) is 0 Å². The van der Waals surface area contributed by atoms with Crippen molar-refractivity contribution in [1.82, 2.24) is 29.4 Å². The summed E-state index contributed by atoms with van der Waals surface area (Å²) < 4.78 is 15.4. The van der Waals surface area contributed by atoms with Crippen molar-refractivity contribution >= 4 is 49.6 Å². The molecule has 42 heavy (non-hydrogen) atoms. The number of amides is 1. The number of aryl methyl sites for hydroxylation is 1. The van der Waals surface area contributed by atoms with Gasteiger partial charge in [-0.15, -0.1) is 5.10 Å². The molecule has 11 nitrogen and oxygen atoms in total. The van der Waals surface area contributed by atoms with E-state index in [1.165, 1.54) is 34.8 Å². The van der Waals surface area contributed by atoms with Crippen LogP contribution in [0.15, 0.2) is 24.3 Å².